The lowest BCUT2D eigenvalue weighted by atomic mass is 9.96. The van der Waals surface area contributed by atoms with Gasteiger partial charge in [-0.15, -0.1) is 0 Å². The molecule has 1 saturated carbocycles. The number of carboxylic acids is 1. The number of hydrogen-bond donors (Lipinski definition) is 1. The Labute approximate surface area is 126 Å². The summed E-state index contributed by atoms with van der Waals surface area (Å²) in [4.78, 5) is 27.9. The molecule has 0 radical (unpaired) electrons. The number of amides is 1. The van der Waals surface area contributed by atoms with Crippen LogP contribution in [-0.2, 0) is 9.53 Å². The van der Waals surface area contributed by atoms with Gasteiger partial charge in [-0.25, -0.2) is 9.59 Å². The van der Waals surface area contributed by atoms with Gasteiger partial charge in [0.15, 0.2) is 5.54 Å². The summed E-state index contributed by atoms with van der Waals surface area (Å²) >= 11 is 0. The molecule has 1 aliphatic heterocycles. The molecule has 120 valence electrons. The topological polar surface area (TPSA) is 70.1 Å². The van der Waals surface area contributed by atoms with Crippen molar-refractivity contribution >= 4 is 12.1 Å². The van der Waals surface area contributed by atoms with Crippen molar-refractivity contribution in [3.63, 3.8) is 0 Å². The molecular formula is C15H26N2O4. The van der Waals surface area contributed by atoms with E-state index in [4.69, 9.17) is 4.74 Å². The Kier molecular flexibility index (Phi) is 4.19. The Balaban J connectivity index is 2.19. The maximum atomic E-state index is 12.4. The molecule has 0 aromatic rings. The lowest BCUT2D eigenvalue weighted by Crippen LogP contribution is -2.59. The fraction of sp³-hybridized carbons (Fsp3) is 0.867. The largest absolute Gasteiger partial charge is 0.479 e. The first-order valence-corrected chi connectivity index (χ1v) is 7.67. The number of hydrogen-bond acceptors (Lipinski definition) is 4. The summed E-state index contributed by atoms with van der Waals surface area (Å²) in [5.41, 5.74) is -1.78. The summed E-state index contributed by atoms with van der Waals surface area (Å²) in [5, 5.41) is 9.76. The standard InChI is InChI=1S/C15H26N2O4/c1-5-17(13(20)21-14(2,3)4)15(12(18)19)8-9-16(10-15)11-6-7-11/h11H,5-10H2,1-4H3,(H,18,19). The Morgan fingerprint density at radius 3 is 2.43 bits per heavy atom. The highest BCUT2D eigenvalue weighted by Gasteiger charge is 2.54. The van der Waals surface area contributed by atoms with E-state index in [9.17, 15) is 14.7 Å². The van der Waals surface area contributed by atoms with Gasteiger partial charge in [-0.1, -0.05) is 0 Å². The van der Waals surface area contributed by atoms with Gasteiger partial charge in [0.1, 0.15) is 5.60 Å². The van der Waals surface area contributed by atoms with Gasteiger partial charge in [-0.3, -0.25) is 9.80 Å². The molecule has 0 aromatic heterocycles. The number of likely N-dealkylation sites (tertiary alicyclic amines) is 1. The van der Waals surface area contributed by atoms with Crippen LogP contribution in [0.3, 0.4) is 0 Å². The van der Waals surface area contributed by atoms with Crippen LogP contribution in [0.2, 0.25) is 0 Å². The zero-order valence-electron chi connectivity index (χ0n) is 13.4. The molecule has 0 bridgehead atoms. The van der Waals surface area contributed by atoms with Crippen molar-refractivity contribution in [1.29, 1.82) is 0 Å². The van der Waals surface area contributed by atoms with Gasteiger partial charge in [-0.05, 0) is 47.0 Å². The van der Waals surface area contributed by atoms with Crippen LogP contribution in [0, 0.1) is 0 Å². The van der Waals surface area contributed by atoms with Crippen LogP contribution in [-0.4, -0.2) is 63.8 Å². The molecule has 1 aliphatic carbocycles. The van der Waals surface area contributed by atoms with Gasteiger partial charge < -0.3 is 9.84 Å². The van der Waals surface area contributed by atoms with Crippen LogP contribution in [0.1, 0.15) is 47.0 Å². The molecule has 2 aliphatic rings. The second kappa shape index (κ2) is 5.48. The summed E-state index contributed by atoms with van der Waals surface area (Å²) in [7, 11) is 0. The third-order valence-corrected chi connectivity index (χ3v) is 4.19. The number of likely N-dealkylation sites (N-methyl/N-ethyl adjacent to an activating group) is 1. The average Bonchev–Trinajstić information content (AvgIpc) is 3.09. The Bertz CT molecular complexity index is 428. The zero-order chi connectivity index (χ0) is 15.8. The normalized spacial score (nSPS) is 26.7. The van der Waals surface area contributed by atoms with Gasteiger partial charge in [0, 0.05) is 25.7 Å². The molecule has 0 aromatic carbocycles. The van der Waals surface area contributed by atoms with Gasteiger partial charge in [-0.2, -0.15) is 0 Å². The van der Waals surface area contributed by atoms with Crippen molar-refractivity contribution in [3.8, 4) is 0 Å². The average molecular weight is 298 g/mol. The first-order chi connectivity index (χ1) is 9.69. The molecule has 1 atom stereocenters. The SMILES string of the molecule is CCN(C(=O)OC(C)(C)C)C1(C(=O)O)CCN(C2CC2)C1. The minimum Gasteiger partial charge on any atom is -0.479 e. The second-order valence-electron chi connectivity index (χ2n) is 7.01. The molecule has 1 heterocycles. The van der Waals surface area contributed by atoms with E-state index < -0.39 is 23.2 Å². The van der Waals surface area contributed by atoms with Crippen LogP contribution < -0.4 is 0 Å². The quantitative estimate of drug-likeness (QED) is 0.859. The van der Waals surface area contributed by atoms with Crippen molar-refractivity contribution in [2.24, 2.45) is 0 Å². The molecule has 1 N–H and O–H groups in total. The number of carbonyl (C=O) groups excluding carboxylic acids is 1. The first kappa shape index (κ1) is 16.1. The van der Waals surface area contributed by atoms with Crippen molar-refractivity contribution in [2.45, 2.75) is 64.1 Å². The monoisotopic (exact) mass is 298 g/mol. The number of ether oxygens (including phenoxy) is 1. The van der Waals surface area contributed by atoms with Gasteiger partial charge in [0.2, 0.25) is 0 Å². The van der Waals surface area contributed by atoms with Crippen LogP contribution in [0.25, 0.3) is 0 Å². The summed E-state index contributed by atoms with van der Waals surface area (Å²) < 4.78 is 5.39. The third kappa shape index (κ3) is 3.31. The van der Waals surface area contributed by atoms with Crippen molar-refractivity contribution in [2.75, 3.05) is 19.6 Å². The second-order valence-corrected chi connectivity index (χ2v) is 7.01. The highest BCUT2D eigenvalue weighted by atomic mass is 16.6. The summed E-state index contributed by atoms with van der Waals surface area (Å²) in [6, 6.07) is 0.503. The third-order valence-electron chi connectivity index (χ3n) is 4.19. The molecule has 1 amide bonds. The summed E-state index contributed by atoms with van der Waals surface area (Å²) in [5.74, 6) is -0.932. The number of aliphatic carboxylic acids is 1. The number of rotatable bonds is 4. The van der Waals surface area contributed by atoms with E-state index in [2.05, 4.69) is 4.90 Å². The summed E-state index contributed by atoms with van der Waals surface area (Å²) in [6.45, 7) is 8.64. The number of carbonyl (C=O) groups is 2. The predicted octanol–water partition coefficient (Wildman–Crippen LogP) is 1.93. The number of nitrogens with zero attached hydrogens (tertiary/aromatic N) is 2. The van der Waals surface area contributed by atoms with Crippen LogP contribution in [0.5, 0.6) is 0 Å². The Morgan fingerprint density at radius 2 is 2.00 bits per heavy atom. The maximum Gasteiger partial charge on any atom is 0.411 e. The van der Waals surface area contributed by atoms with E-state index in [-0.39, 0.29) is 0 Å². The molecule has 1 unspecified atom stereocenters. The van der Waals surface area contributed by atoms with Gasteiger partial charge in [0.05, 0.1) is 0 Å². The van der Waals surface area contributed by atoms with E-state index in [1.807, 2.05) is 0 Å². The van der Waals surface area contributed by atoms with Crippen molar-refractivity contribution < 1.29 is 19.4 Å². The van der Waals surface area contributed by atoms with E-state index in [1.54, 1.807) is 27.7 Å². The molecule has 21 heavy (non-hydrogen) atoms. The van der Waals surface area contributed by atoms with Gasteiger partial charge in [0.25, 0.3) is 0 Å². The molecular weight excluding hydrogens is 272 g/mol. The fourth-order valence-corrected chi connectivity index (χ4v) is 3.01. The molecule has 1 saturated heterocycles. The summed E-state index contributed by atoms with van der Waals surface area (Å²) in [6.07, 6.45) is 2.19. The molecule has 2 rings (SSSR count). The molecule has 6 heteroatoms. The lowest BCUT2D eigenvalue weighted by Gasteiger charge is -2.38. The highest BCUT2D eigenvalue weighted by molar-refractivity contribution is 5.85. The van der Waals surface area contributed by atoms with Crippen molar-refractivity contribution in [1.82, 2.24) is 9.80 Å². The maximum absolute atomic E-state index is 12.4. The van der Waals surface area contributed by atoms with E-state index in [0.29, 0.717) is 25.6 Å². The van der Waals surface area contributed by atoms with E-state index in [1.165, 1.54) is 4.90 Å². The van der Waals surface area contributed by atoms with E-state index in [0.717, 1.165) is 19.4 Å². The minimum atomic E-state index is -1.15. The zero-order valence-corrected chi connectivity index (χ0v) is 13.4. The van der Waals surface area contributed by atoms with E-state index >= 15 is 0 Å². The minimum absolute atomic E-state index is 0.333. The fourth-order valence-electron chi connectivity index (χ4n) is 3.01. The van der Waals surface area contributed by atoms with Gasteiger partial charge >= 0.3 is 12.1 Å². The van der Waals surface area contributed by atoms with Crippen molar-refractivity contribution in [3.05, 3.63) is 0 Å². The van der Waals surface area contributed by atoms with Crippen LogP contribution in [0.4, 0.5) is 4.79 Å². The van der Waals surface area contributed by atoms with Crippen LogP contribution in [0.15, 0.2) is 0 Å². The molecule has 6 nitrogen and oxygen atoms in total. The number of carboxylic acid groups (broad SMARTS) is 1. The lowest BCUT2D eigenvalue weighted by molar-refractivity contribution is -0.150. The first-order valence-electron chi connectivity index (χ1n) is 7.67. The molecule has 0 spiro atoms. The Morgan fingerprint density at radius 1 is 1.38 bits per heavy atom. The van der Waals surface area contributed by atoms with Crippen LogP contribution >= 0.6 is 0 Å². The predicted molar refractivity (Wildman–Crippen MR) is 78.2 cm³/mol. The Hall–Kier alpha value is -1.30. The molecule has 2 fully saturated rings. The smallest absolute Gasteiger partial charge is 0.411 e. The highest BCUT2D eigenvalue weighted by Crippen LogP contribution is 2.37.